The minimum atomic E-state index is 0.773. The predicted octanol–water partition coefficient (Wildman–Crippen LogP) is 2.13. The van der Waals surface area contributed by atoms with Gasteiger partial charge in [0.05, 0.1) is 0 Å². The first-order valence-corrected chi connectivity index (χ1v) is 5.02. The lowest BCUT2D eigenvalue weighted by atomic mass is 9.83. The van der Waals surface area contributed by atoms with Crippen LogP contribution in [0.15, 0.2) is 0 Å². The Morgan fingerprint density at radius 3 is 2.55 bits per heavy atom. The van der Waals surface area contributed by atoms with E-state index in [-0.39, 0.29) is 0 Å². The van der Waals surface area contributed by atoms with Gasteiger partial charge in [-0.25, -0.2) is 0 Å². The highest BCUT2D eigenvalue weighted by Crippen LogP contribution is 2.29. The molecule has 2 saturated carbocycles. The molecule has 2 fully saturated rings. The van der Waals surface area contributed by atoms with Crippen molar-refractivity contribution < 1.29 is 0 Å². The number of hydrogen-bond acceptors (Lipinski definition) is 1. The largest absolute Gasteiger partial charge is 0.314 e. The van der Waals surface area contributed by atoms with Crippen molar-refractivity contribution in [2.24, 2.45) is 5.92 Å². The molecule has 0 aliphatic heterocycles. The second-order valence-corrected chi connectivity index (χ2v) is 3.96. The quantitative estimate of drug-likeness (QED) is 0.650. The molecule has 0 aromatic heterocycles. The van der Waals surface area contributed by atoms with Gasteiger partial charge in [0.2, 0.25) is 0 Å². The monoisotopic (exact) mass is 152 g/mol. The lowest BCUT2D eigenvalue weighted by molar-refractivity contribution is 0.283. The fraction of sp³-hybridized carbons (Fsp3) is 0.900. The maximum Gasteiger partial charge on any atom is 0.00986 e. The van der Waals surface area contributed by atoms with Crippen LogP contribution in [-0.4, -0.2) is 12.6 Å². The van der Waals surface area contributed by atoms with Gasteiger partial charge in [-0.3, -0.25) is 0 Å². The normalized spacial score (nSPS) is 26.2. The van der Waals surface area contributed by atoms with Crippen molar-refractivity contribution >= 4 is 0 Å². The van der Waals surface area contributed by atoms with E-state index >= 15 is 0 Å². The van der Waals surface area contributed by atoms with Crippen molar-refractivity contribution in [1.29, 1.82) is 0 Å². The summed E-state index contributed by atoms with van der Waals surface area (Å²) in [6.45, 7) is 1.26. The standard InChI is InChI=1S/C10H18N/c1-3-9(4-1)7-8-11-10-5-2-6-10/h5,9-11H,1-4,6-8H2. The van der Waals surface area contributed by atoms with Gasteiger partial charge in [-0.1, -0.05) is 19.3 Å². The molecule has 0 saturated heterocycles. The molecule has 1 atom stereocenters. The molecule has 1 nitrogen and oxygen atoms in total. The summed E-state index contributed by atoms with van der Waals surface area (Å²) in [4.78, 5) is 0. The summed E-state index contributed by atoms with van der Waals surface area (Å²) in [6, 6.07) is 0.773. The Labute approximate surface area is 69.6 Å². The van der Waals surface area contributed by atoms with Gasteiger partial charge in [-0.15, -0.1) is 0 Å². The third-order valence-electron chi connectivity index (χ3n) is 3.11. The Balaban J connectivity index is 1.46. The fourth-order valence-corrected chi connectivity index (χ4v) is 1.77. The average Bonchev–Trinajstić information content (AvgIpc) is 1.79. The molecule has 0 aromatic carbocycles. The molecule has 1 heteroatoms. The molecule has 0 amide bonds. The Kier molecular flexibility index (Phi) is 2.47. The van der Waals surface area contributed by atoms with Crippen LogP contribution in [0.1, 0.15) is 38.5 Å². The molecule has 1 radical (unpaired) electrons. The second kappa shape index (κ2) is 3.57. The molecule has 0 heterocycles. The van der Waals surface area contributed by atoms with Gasteiger partial charge < -0.3 is 5.32 Å². The van der Waals surface area contributed by atoms with E-state index in [4.69, 9.17) is 0 Å². The van der Waals surface area contributed by atoms with Crippen LogP contribution in [0.3, 0.4) is 0 Å². The zero-order valence-corrected chi connectivity index (χ0v) is 7.18. The van der Waals surface area contributed by atoms with E-state index < -0.39 is 0 Å². The first-order chi connectivity index (χ1) is 5.45. The predicted molar refractivity (Wildman–Crippen MR) is 47.3 cm³/mol. The molecular formula is C10H18N. The number of nitrogens with one attached hydrogen (secondary N) is 1. The molecule has 0 aromatic rings. The highest BCUT2D eigenvalue weighted by molar-refractivity contribution is 4.93. The van der Waals surface area contributed by atoms with E-state index in [1.807, 2.05) is 0 Å². The SMILES string of the molecule is [CH]1CCC1NCCC1CCC1. The van der Waals surface area contributed by atoms with Gasteiger partial charge in [-0.05, 0) is 38.1 Å². The van der Waals surface area contributed by atoms with Gasteiger partial charge in [0, 0.05) is 6.04 Å². The van der Waals surface area contributed by atoms with Gasteiger partial charge in [0.25, 0.3) is 0 Å². The Bertz CT molecular complexity index is 100. The van der Waals surface area contributed by atoms with E-state index in [2.05, 4.69) is 11.7 Å². The fourth-order valence-electron chi connectivity index (χ4n) is 1.77. The van der Waals surface area contributed by atoms with Gasteiger partial charge in [0.1, 0.15) is 0 Å². The lowest BCUT2D eigenvalue weighted by Crippen LogP contribution is -2.37. The Morgan fingerprint density at radius 2 is 2.09 bits per heavy atom. The number of rotatable bonds is 4. The maximum atomic E-state index is 3.56. The van der Waals surface area contributed by atoms with Crippen LogP contribution < -0.4 is 5.32 Å². The van der Waals surface area contributed by atoms with Crippen molar-refractivity contribution in [3.8, 4) is 0 Å². The highest BCUT2D eigenvalue weighted by atomic mass is 14.9. The lowest BCUT2D eigenvalue weighted by Gasteiger charge is -2.29. The second-order valence-electron chi connectivity index (χ2n) is 3.96. The minimum Gasteiger partial charge on any atom is -0.314 e. The van der Waals surface area contributed by atoms with Crippen LogP contribution in [-0.2, 0) is 0 Å². The molecular weight excluding hydrogens is 134 g/mol. The zero-order chi connectivity index (χ0) is 7.52. The molecule has 2 aliphatic carbocycles. The molecule has 2 aliphatic rings. The van der Waals surface area contributed by atoms with Crippen LogP contribution in [0.2, 0.25) is 0 Å². The first-order valence-electron chi connectivity index (χ1n) is 5.02. The van der Waals surface area contributed by atoms with E-state index in [0.717, 1.165) is 12.0 Å². The van der Waals surface area contributed by atoms with E-state index in [1.165, 1.54) is 45.1 Å². The van der Waals surface area contributed by atoms with Crippen LogP contribution in [0, 0.1) is 12.3 Å². The smallest absolute Gasteiger partial charge is 0.00986 e. The van der Waals surface area contributed by atoms with Gasteiger partial charge >= 0.3 is 0 Å². The Hall–Kier alpha value is -0.0400. The molecule has 0 spiro atoms. The molecule has 2 rings (SSSR count). The van der Waals surface area contributed by atoms with Crippen LogP contribution >= 0.6 is 0 Å². The summed E-state index contributed by atoms with van der Waals surface area (Å²) >= 11 is 0. The molecule has 63 valence electrons. The maximum absolute atomic E-state index is 3.56. The van der Waals surface area contributed by atoms with Gasteiger partial charge in [0.15, 0.2) is 0 Å². The average molecular weight is 152 g/mol. The summed E-state index contributed by atoms with van der Waals surface area (Å²) in [6.07, 6.45) is 11.0. The van der Waals surface area contributed by atoms with Crippen molar-refractivity contribution in [3.63, 3.8) is 0 Å². The summed E-state index contributed by atoms with van der Waals surface area (Å²) in [5.41, 5.74) is 0. The summed E-state index contributed by atoms with van der Waals surface area (Å²) in [5.74, 6) is 1.07. The van der Waals surface area contributed by atoms with Crippen molar-refractivity contribution in [2.75, 3.05) is 6.54 Å². The van der Waals surface area contributed by atoms with Crippen LogP contribution in [0.4, 0.5) is 0 Å². The third kappa shape index (κ3) is 1.96. The van der Waals surface area contributed by atoms with E-state index in [9.17, 15) is 0 Å². The van der Waals surface area contributed by atoms with Crippen LogP contribution in [0.25, 0.3) is 0 Å². The molecule has 1 N–H and O–H groups in total. The first kappa shape index (κ1) is 7.60. The van der Waals surface area contributed by atoms with Gasteiger partial charge in [-0.2, -0.15) is 0 Å². The molecule has 11 heavy (non-hydrogen) atoms. The summed E-state index contributed by atoms with van der Waals surface area (Å²) in [7, 11) is 0. The minimum absolute atomic E-state index is 0.773. The topological polar surface area (TPSA) is 12.0 Å². The zero-order valence-electron chi connectivity index (χ0n) is 7.18. The Morgan fingerprint density at radius 1 is 1.27 bits per heavy atom. The summed E-state index contributed by atoms with van der Waals surface area (Å²) < 4.78 is 0. The molecule has 1 unspecified atom stereocenters. The van der Waals surface area contributed by atoms with Crippen LogP contribution in [0.5, 0.6) is 0 Å². The van der Waals surface area contributed by atoms with E-state index in [1.54, 1.807) is 0 Å². The van der Waals surface area contributed by atoms with Crippen molar-refractivity contribution in [3.05, 3.63) is 6.42 Å². The van der Waals surface area contributed by atoms with E-state index in [0.29, 0.717) is 0 Å². The van der Waals surface area contributed by atoms with Crippen molar-refractivity contribution in [1.82, 2.24) is 5.32 Å². The number of hydrogen-bond donors (Lipinski definition) is 1. The third-order valence-corrected chi connectivity index (χ3v) is 3.11. The van der Waals surface area contributed by atoms with Crippen molar-refractivity contribution in [2.45, 2.75) is 44.6 Å². The molecule has 0 bridgehead atoms. The summed E-state index contributed by atoms with van der Waals surface area (Å²) in [5, 5.41) is 3.56. The highest BCUT2D eigenvalue weighted by Gasteiger charge is 2.19.